The lowest BCUT2D eigenvalue weighted by molar-refractivity contribution is 0.489. The molecule has 0 amide bonds. The third-order valence-corrected chi connectivity index (χ3v) is 5.59. The predicted octanol–water partition coefficient (Wildman–Crippen LogP) is 6.39. The minimum absolute atomic E-state index is 0.338. The van der Waals surface area contributed by atoms with Crippen molar-refractivity contribution in [1.82, 2.24) is 9.27 Å². The number of hydrogen-bond donors (Lipinski definition) is 0. The maximum absolute atomic E-state index is 6.35. The van der Waals surface area contributed by atoms with E-state index in [4.69, 9.17) is 16.3 Å². The standard InChI is InChI=1S/C17H21BrClN3OS/c1-6-22(5)9-20-13-7-11(4)14(8-12(13)19)23-17-15(18)16(10(2)3)21-24-17/h7-10H,6H2,1-5H3/b20-9-. The van der Waals surface area contributed by atoms with Gasteiger partial charge in [0.15, 0.2) is 0 Å². The minimum Gasteiger partial charge on any atom is -0.444 e. The Labute approximate surface area is 160 Å². The van der Waals surface area contributed by atoms with Crippen LogP contribution in [0.1, 0.15) is 37.9 Å². The van der Waals surface area contributed by atoms with Crippen LogP contribution in [0.4, 0.5) is 5.69 Å². The summed E-state index contributed by atoms with van der Waals surface area (Å²) >= 11 is 11.3. The molecule has 0 radical (unpaired) electrons. The maximum Gasteiger partial charge on any atom is 0.214 e. The fraction of sp³-hybridized carbons (Fsp3) is 0.412. The van der Waals surface area contributed by atoms with Crippen molar-refractivity contribution < 1.29 is 4.74 Å². The Morgan fingerprint density at radius 1 is 1.46 bits per heavy atom. The Bertz CT molecular complexity index is 746. The molecule has 1 heterocycles. The second kappa shape index (κ2) is 8.32. The summed E-state index contributed by atoms with van der Waals surface area (Å²) in [5.41, 5.74) is 2.70. The van der Waals surface area contributed by atoms with Crippen molar-refractivity contribution in [2.24, 2.45) is 4.99 Å². The van der Waals surface area contributed by atoms with Crippen LogP contribution in [0, 0.1) is 6.92 Å². The van der Waals surface area contributed by atoms with E-state index in [2.05, 4.69) is 46.1 Å². The highest BCUT2D eigenvalue weighted by Crippen LogP contribution is 2.41. The van der Waals surface area contributed by atoms with Gasteiger partial charge in [-0.3, -0.25) is 0 Å². The van der Waals surface area contributed by atoms with Gasteiger partial charge in [-0.15, -0.1) is 0 Å². The van der Waals surface area contributed by atoms with E-state index in [0.717, 1.165) is 33.0 Å². The van der Waals surface area contributed by atoms with Crippen LogP contribution in [0.3, 0.4) is 0 Å². The van der Waals surface area contributed by atoms with Crippen LogP contribution in [-0.2, 0) is 0 Å². The van der Waals surface area contributed by atoms with E-state index >= 15 is 0 Å². The lowest BCUT2D eigenvalue weighted by atomic mass is 10.1. The molecule has 1 aromatic carbocycles. The van der Waals surface area contributed by atoms with Gasteiger partial charge in [-0.25, -0.2) is 4.99 Å². The van der Waals surface area contributed by atoms with E-state index in [1.807, 2.05) is 24.9 Å². The Morgan fingerprint density at radius 3 is 2.75 bits per heavy atom. The van der Waals surface area contributed by atoms with E-state index in [0.29, 0.717) is 16.7 Å². The number of ether oxygens (including phenoxy) is 1. The lowest BCUT2D eigenvalue weighted by Crippen LogP contribution is -2.14. The third-order valence-electron chi connectivity index (χ3n) is 3.52. The molecule has 0 atom stereocenters. The number of benzene rings is 1. The number of aromatic nitrogens is 1. The molecule has 0 N–H and O–H groups in total. The van der Waals surface area contributed by atoms with Gasteiger partial charge in [0.2, 0.25) is 5.06 Å². The Hall–Kier alpha value is -1.11. The molecule has 0 saturated carbocycles. The molecule has 4 nitrogen and oxygen atoms in total. The molecule has 2 aromatic rings. The highest BCUT2D eigenvalue weighted by Gasteiger charge is 2.17. The summed E-state index contributed by atoms with van der Waals surface area (Å²) in [6.45, 7) is 9.14. The zero-order chi connectivity index (χ0) is 17.9. The summed E-state index contributed by atoms with van der Waals surface area (Å²) in [5, 5.41) is 1.29. The van der Waals surface area contributed by atoms with Gasteiger partial charge in [0, 0.05) is 31.2 Å². The van der Waals surface area contributed by atoms with Gasteiger partial charge in [0.25, 0.3) is 0 Å². The summed E-state index contributed by atoms with van der Waals surface area (Å²) in [6.07, 6.45) is 1.77. The maximum atomic E-state index is 6.35. The van der Waals surface area contributed by atoms with Crippen molar-refractivity contribution in [2.45, 2.75) is 33.6 Å². The number of hydrogen-bond acceptors (Lipinski definition) is 4. The van der Waals surface area contributed by atoms with Crippen molar-refractivity contribution >= 4 is 51.1 Å². The summed E-state index contributed by atoms with van der Waals surface area (Å²) < 4.78 is 11.4. The first-order chi connectivity index (χ1) is 11.3. The molecule has 24 heavy (non-hydrogen) atoms. The second-order valence-corrected chi connectivity index (χ2v) is 7.75. The van der Waals surface area contributed by atoms with Crippen LogP contribution in [0.15, 0.2) is 21.6 Å². The van der Waals surface area contributed by atoms with Crippen LogP contribution in [0.25, 0.3) is 0 Å². The van der Waals surface area contributed by atoms with E-state index in [1.165, 1.54) is 11.5 Å². The molecule has 0 aliphatic heterocycles. The van der Waals surface area contributed by atoms with E-state index in [9.17, 15) is 0 Å². The van der Waals surface area contributed by atoms with Gasteiger partial charge >= 0.3 is 0 Å². The fourth-order valence-corrected chi connectivity index (χ4v) is 3.86. The summed E-state index contributed by atoms with van der Waals surface area (Å²) in [6, 6.07) is 3.73. The molecule has 0 spiro atoms. The zero-order valence-corrected chi connectivity index (χ0v) is 17.6. The SMILES string of the molecule is CCN(C)/C=N\c1cc(C)c(Oc2snc(C(C)C)c2Br)cc1Cl. The molecule has 0 saturated heterocycles. The Morgan fingerprint density at radius 2 is 2.17 bits per heavy atom. The third kappa shape index (κ3) is 4.49. The van der Waals surface area contributed by atoms with Crippen LogP contribution < -0.4 is 4.74 Å². The molecule has 0 unspecified atom stereocenters. The molecule has 1 aromatic heterocycles. The number of aliphatic imine (C=N–C) groups is 1. The first kappa shape index (κ1) is 19.2. The van der Waals surface area contributed by atoms with Crippen molar-refractivity contribution in [3.8, 4) is 10.8 Å². The van der Waals surface area contributed by atoms with E-state index in [-0.39, 0.29) is 0 Å². The highest BCUT2D eigenvalue weighted by molar-refractivity contribution is 9.10. The number of rotatable bonds is 6. The quantitative estimate of drug-likeness (QED) is 0.393. The summed E-state index contributed by atoms with van der Waals surface area (Å²) in [7, 11) is 1.97. The molecule has 130 valence electrons. The average molecular weight is 431 g/mol. The van der Waals surface area contributed by atoms with Gasteiger partial charge in [-0.1, -0.05) is 25.4 Å². The molecule has 0 aliphatic carbocycles. The average Bonchev–Trinajstić information content (AvgIpc) is 2.90. The first-order valence-corrected chi connectivity index (χ1v) is 9.65. The van der Waals surface area contributed by atoms with Gasteiger partial charge < -0.3 is 9.64 Å². The van der Waals surface area contributed by atoms with Crippen molar-refractivity contribution in [2.75, 3.05) is 13.6 Å². The van der Waals surface area contributed by atoms with Crippen LogP contribution >= 0.6 is 39.1 Å². The monoisotopic (exact) mass is 429 g/mol. The smallest absolute Gasteiger partial charge is 0.214 e. The van der Waals surface area contributed by atoms with Crippen molar-refractivity contribution in [3.63, 3.8) is 0 Å². The Kier molecular flexibility index (Phi) is 6.66. The second-order valence-electron chi connectivity index (χ2n) is 5.81. The fourth-order valence-electron chi connectivity index (χ4n) is 1.90. The van der Waals surface area contributed by atoms with Gasteiger partial charge in [-0.05, 0) is 47.3 Å². The van der Waals surface area contributed by atoms with Crippen LogP contribution in [0.5, 0.6) is 10.8 Å². The van der Waals surface area contributed by atoms with E-state index in [1.54, 1.807) is 12.4 Å². The number of nitrogens with zero attached hydrogens (tertiary/aromatic N) is 3. The molecule has 7 heteroatoms. The Balaban J connectivity index is 2.26. The van der Waals surface area contributed by atoms with Gasteiger partial charge in [0.1, 0.15) is 5.75 Å². The van der Waals surface area contributed by atoms with Gasteiger partial charge in [0.05, 0.1) is 27.2 Å². The molecule has 2 rings (SSSR count). The summed E-state index contributed by atoms with van der Waals surface area (Å²) in [4.78, 5) is 6.41. The first-order valence-electron chi connectivity index (χ1n) is 7.71. The van der Waals surface area contributed by atoms with Crippen LogP contribution in [0.2, 0.25) is 5.02 Å². The molecule has 0 aliphatic rings. The molecular weight excluding hydrogens is 410 g/mol. The number of aryl methyl sites for hydroxylation is 1. The van der Waals surface area contributed by atoms with Crippen molar-refractivity contribution in [3.05, 3.63) is 32.9 Å². The molecule has 0 bridgehead atoms. The largest absolute Gasteiger partial charge is 0.444 e. The highest BCUT2D eigenvalue weighted by atomic mass is 79.9. The number of halogens is 2. The van der Waals surface area contributed by atoms with Crippen molar-refractivity contribution in [1.29, 1.82) is 0 Å². The zero-order valence-electron chi connectivity index (χ0n) is 14.4. The molecular formula is C17H21BrClN3OS. The normalized spacial score (nSPS) is 11.5. The topological polar surface area (TPSA) is 37.7 Å². The lowest BCUT2D eigenvalue weighted by Gasteiger charge is -2.11. The molecule has 0 fully saturated rings. The minimum atomic E-state index is 0.338. The van der Waals surface area contributed by atoms with Crippen LogP contribution in [-0.4, -0.2) is 29.2 Å². The van der Waals surface area contributed by atoms with E-state index < -0.39 is 0 Å². The predicted molar refractivity (Wildman–Crippen MR) is 107 cm³/mol. The summed E-state index contributed by atoms with van der Waals surface area (Å²) in [5.74, 6) is 1.05. The van der Waals surface area contributed by atoms with Gasteiger partial charge in [-0.2, -0.15) is 4.37 Å².